The van der Waals surface area contributed by atoms with E-state index in [1.807, 2.05) is 19.1 Å². The zero-order chi connectivity index (χ0) is 24.7. The third-order valence-electron chi connectivity index (χ3n) is 4.53. The van der Waals surface area contributed by atoms with E-state index in [1.165, 1.54) is 19.2 Å². The fourth-order valence-corrected chi connectivity index (χ4v) is 3.96. The second kappa shape index (κ2) is 11.6. The average Bonchev–Trinajstić information content (AvgIpc) is 2.80. The van der Waals surface area contributed by atoms with Crippen LogP contribution in [0.4, 0.5) is 36.3 Å². The Morgan fingerprint density at radius 1 is 1.15 bits per heavy atom. The topological polar surface area (TPSA) is 88.2 Å². The van der Waals surface area contributed by atoms with Crippen molar-refractivity contribution in [3.63, 3.8) is 0 Å². The van der Waals surface area contributed by atoms with E-state index in [0.717, 1.165) is 11.7 Å². The molecular formula is C22H22BrF3N5O2P. The number of nitrogens with zero attached hydrogens (tertiary/aromatic N) is 2. The monoisotopic (exact) mass is 555 g/mol. The highest BCUT2D eigenvalue weighted by Crippen LogP contribution is 2.36. The van der Waals surface area contributed by atoms with E-state index in [9.17, 15) is 18.0 Å². The molecule has 3 aromatic rings. The van der Waals surface area contributed by atoms with Gasteiger partial charge in [-0.15, -0.1) is 0 Å². The van der Waals surface area contributed by atoms with Crippen molar-refractivity contribution in [1.29, 1.82) is 0 Å². The van der Waals surface area contributed by atoms with Gasteiger partial charge in [0.05, 0.1) is 11.3 Å². The lowest BCUT2D eigenvalue weighted by Crippen LogP contribution is -2.20. The fraction of sp³-hybridized carbons (Fsp3) is 0.227. The number of anilines is 4. The van der Waals surface area contributed by atoms with E-state index in [-0.39, 0.29) is 17.2 Å². The van der Waals surface area contributed by atoms with E-state index in [1.54, 1.807) is 18.2 Å². The summed E-state index contributed by atoms with van der Waals surface area (Å²) in [6.07, 6.45) is -3.22. The molecule has 1 aromatic heterocycles. The normalized spacial score (nSPS) is 11.6. The van der Waals surface area contributed by atoms with Gasteiger partial charge < -0.3 is 20.5 Å². The number of rotatable bonds is 9. The molecule has 3 N–H and O–H groups in total. The number of hydrogen-bond acceptors (Lipinski definition) is 6. The maximum Gasteiger partial charge on any atom is 0.421 e. The van der Waals surface area contributed by atoms with Gasteiger partial charge in [-0.2, -0.15) is 18.2 Å². The first kappa shape index (κ1) is 25.9. The van der Waals surface area contributed by atoms with Crippen molar-refractivity contribution < 1.29 is 22.5 Å². The van der Waals surface area contributed by atoms with Crippen LogP contribution >= 0.6 is 24.7 Å². The van der Waals surface area contributed by atoms with Crippen LogP contribution in [0.1, 0.15) is 28.4 Å². The Labute approximate surface area is 204 Å². The zero-order valence-corrected chi connectivity index (χ0v) is 20.8. The van der Waals surface area contributed by atoms with Crippen molar-refractivity contribution >= 4 is 53.8 Å². The standard InChI is InChI=1S/C22H22BrF3N5O2P/c1-3-33-34-12-13-4-7-15(8-5-13)29-21-28-11-17(22(24,25)26)19(31-21)30-18-9-6-14(23)10-16(18)20(32)27-2/h4-11,34H,3,12H2,1-2H3,(H,27,32)(H2,28,29,30,31). The van der Waals surface area contributed by atoms with Crippen LogP contribution in [-0.4, -0.2) is 29.5 Å². The van der Waals surface area contributed by atoms with Crippen molar-refractivity contribution in [3.8, 4) is 0 Å². The van der Waals surface area contributed by atoms with Crippen LogP contribution in [0, 0.1) is 0 Å². The van der Waals surface area contributed by atoms with Gasteiger partial charge in [-0.05, 0) is 42.8 Å². The molecule has 0 radical (unpaired) electrons. The summed E-state index contributed by atoms with van der Waals surface area (Å²) in [6, 6.07) is 12.0. The van der Waals surface area contributed by atoms with E-state index >= 15 is 0 Å². The number of carbonyl (C=O) groups is 1. The first-order chi connectivity index (χ1) is 16.2. The first-order valence-electron chi connectivity index (χ1n) is 10.1. The predicted molar refractivity (Wildman–Crippen MR) is 131 cm³/mol. The summed E-state index contributed by atoms with van der Waals surface area (Å²) in [5, 5.41) is 8.03. The van der Waals surface area contributed by atoms with Crippen molar-refractivity contribution in [1.82, 2.24) is 15.3 Å². The molecule has 0 saturated heterocycles. The number of carbonyl (C=O) groups excluding carboxylic acids is 1. The van der Waals surface area contributed by atoms with Gasteiger partial charge in [0.1, 0.15) is 11.4 Å². The van der Waals surface area contributed by atoms with Gasteiger partial charge in [-0.25, -0.2) is 4.98 Å². The molecule has 1 heterocycles. The van der Waals surface area contributed by atoms with Crippen LogP contribution in [0.15, 0.2) is 53.1 Å². The highest BCUT2D eigenvalue weighted by Gasteiger charge is 2.35. The van der Waals surface area contributed by atoms with Crippen LogP contribution < -0.4 is 16.0 Å². The molecule has 1 amide bonds. The van der Waals surface area contributed by atoms with Crippen LogP contribution in [0.5, 0.6) is 0 Å². The number of amides is 1. The molecule has 0 fully saturated rings. The molecule has 0 saturated carbocycles. The number of nitrogens with one attached hydrogen (secondary N) is 3. The zero-order valence-electron chi connectivity index (χ0n) is 18.3. The van der Waals surface area contributed by atoms with Crippen molar-refractivity contribution in [2.75, 3.05) is 24.3 Å². The summed E-state index contributed by atoms with van der Waals surface area (Å²) < 4.78 is 46.9. The predicted octanol–water partition coefficient (Wildman–Crippen LogP) is 6.23. The molecule has 0 bridgehead atoms. The van der Waals surface area contributed by atoms with Gasteiger partial charge in [0.25, 0.3) is 5.91 Å². The molecule has 180 valence electrons. The Hall–Kier alpha value is -2.75. The number of aromatic nitrogens is 2. The molecular weight excluding hydrogens is 534 g/mol. The maximum absolute atomic E-state index is 13.6. The molecule has 0 aliphatic carbocycles. The lowest BCUT2D eigenvalue weighted by atomic mass is 10.1. The highest BCUT2D eigenvalue weighted by molar-refractivity contribution is 9.10. The van der Waals surface area contributed by atoms with Crippen LogP contribution in [-0.2, 0) is 16.9 Å². The third kappa shape index (κ3) is 6.88. The minimum atomic E-state index is -4.70. The van der Waals surface area contributed by atoms with E-state index in [0.29, 0.717) is 31.8 Å². The fourth-order valence-electron chi connectivity index (χ4n) is 2.89. The summed E-state index contributed by atoms with van der Waals surface area (Å²) >= 11 is 3.27. The lowest BCUT2D eigenvalue weighted by Gasteiger charge is -2.17. The number of halogens is 4. The summed E-state index contributed by atoms with van der Waals surface area (Å²) in [6.45, 7) is 2.59. The van der Waals surface area contributed by atoms with Gasteiger partial charge in [0.15, 0.2) is 0 Å². The lowest BCUT2D eigenvalue weighted by molar-refractivity contribution is -0.137. The number of alkyl halides is 3. The maximum atomic E-state index is 13.6. The van der Waals surface area contributed by atoms with Crippen LogP contribution in [0.3, 0.4) is 0 Å². The summed E-state index contributed by atoms with van der Waals surface area (Å²) in [4.78, 5) is 20.1. The summed E-state index contributed by atoms with van der Waals surface area (Å²) in [5.41, 5.74) is 0.948. The van der Waals surface area contributed by atoms with Crippen molar-refractivity contribution in [2.24, 2.45) is 0 Å². The van der Waals surface area contributed by atoms with Gasteiger partial charge in [-0.3, -0.25) is 4.79 Å². The molecule has 0 aliphatic rings. The van der Waals surface area contributed by atoms with E-state index in [4.69, 9.17) is 4.52 Å². The summed E-state index contributed by atoms with van der Waals surface area (Å²) in [7, 11) is 1.80. The Balaban J connectivity index is 1.89. The van der Waals surface area contributed by atoms with Gasteiger partial charge in [-0.1, -0.05) is 28.1 Å². The quantitative estimate of drug-likeness (QED) is 0.214. The van der Waals surface area contributed by atoms with Crippen molar-refractivity contribution in [3.05, 3.63) is 69.8 Å². The molecule has 1 atom stereocenters. The van der Waals surface area contributed by atoms with Gasteiger partial charge >= 0.3 is 6.18 Å². The Morgan fingerprint density at radius 2 is 1.88 bits per heavy atom. The third-order valence-corrected chi connectivity index (χ3v) is 6.07. The second-order valence-corrected chi connectivity index (χ2v) is 8.77. The van der Waals surface area contributed by atoms with Gasteiger partial charge in [0, 0.05) is 45.0 Å². The Bertz CT molecular complexity index is 1150. The molecule has 2 aromatic carbocycles. The number of hydrogen-bond donors (Lipinski definition) is 3. The second-order valence-electron chi connectivity index (χ2n) is 6.92. The summed E-state index contributed by atoms with van der Waals surface area (Å²) in [5.74, 6) is -0.972. The molecule has 12 heteroatoms. The molecule has 7 nitrogen and oxygen atoms in total. The molecule has 34 heavy (non-hydrogen) atoms. The molecule has 0 aliphatic heterocycles. The Morgan fingerprint density at radius 3 is 2.53 bits per heavy atom. The average molecular weight is 556 g/mol. The molecule has 1 unspecified atom stereocenters. The van der Waals surface area contributed by atoms with Crippen molar-refractivity contribution in [2.45, 2.75) is 19.3 Å². The molecule has 0 spiro atoms. The Kier molecular flexibility index (Phi) is 8.82. The van der Waals surface area contributed by atoms with Crippen LogP contribution in [0.25, 0.3) is 0 Å². The molecule has 3 rings (SSSR count). The minimum absolute atomic E-state index is 0.0296. The highest BCUT2D eigenvalue weighted by atomic mass is 79.9. The van der Waals surface area contributed by atoms with Gasteiger partial charge in [0.2, 0.25) is 5.95 Å². The van der Waals surface area contributed by atoms with E-state index < -0.39 is 23.5 Å². The number of benzene rings is 2. The smallest absolute Gasteiger partial charge is 0.362 e. The SMILES string of the molecule is CCOPCc1ccc(Nc2ncc(C(F)(F)F)c(Nc3ccc(Br)cc3C(=O)NC)n2)cc1. The van der Waals surface area contributed by atoms with E-state index in [2.05, 4.69) is 41.8 Å². The van der Waals surface area contributed by atoms with Crippen LogP contribution in [0.2, 0.25) is 0 Å². The largest absolute Gasteiger partial charge is 0.421 e. The minimum Gasteiger partial charge on any atom is -0.362 e. The first-order valence-corrected chi connectivity index (χ1v) is 12.1.